The monoisotopic (exact) mass is 277 g/mol. The Kier molecular flexibility index (Phi) is 4.39. The highest BCUT2D eigenvalue weighted by molar-refractivity contribution is 5.77. The molecule has 1 aromatic rings. The molecule has 1 aliphatic carbocycles. The van der Waals surface area contributed by atoms with Crippen molar-refractivity contribution in [1.29, 1.82) is 0 Å². The van der Waals surface area contributed by atoms with Crippen LogP contribution >= 0.6 is 0 Å². The number of carboxylic acids is 2. The van der Waals surface area contributed by atoms with Gasteiger partial charge >= 0.3 is 11.9 Å². The van der Waals surface area contributed by atoms with E-state index in [2.05, 4.69) is 0 Å². The number of hydrogen-bond acceptors (Lipinski definition) is 3. The molecule has 0 aromatic heterocycles. The van der Waals surface area contributed by atoms with Gasteiger partial charge in [-0.3, -0.25) is 9.59 Å². The summed E-state index contributed by atoms with van der Waals surface area (Å²) in [5, 5.41) is 18.6. The van der Waals surface area contributed by atoms with Crippen molar-refractivity contribution in [3.05, 3.63) is 35.9 Å². The van der Waals surface area contributed by atoms with Crippen molar-refractivity contribution >= 4 is 11.9 Å². The van der Waals surface area contributed by atoms with Gasteiger partial charge in [-0.2, -0.15) is 0 Å². The van der Waals surface area contributed by atoms with Crippen molar-refractivity contribution in [2.45, 2.75) is 31.2 Å². The van der Waals surface area contributed by atoms with Crippen LogP contribution in [0.4, 0.5) is 0 Å². The number of nitrogens with two attached hydrogens (primary N) is 1. The van der Waals surface area contributed by atoms with Gasteiger partial charge in [-0.05, 0) is 30.2 Å². The second kappa shape index (κ2) is 6.05. The minimum Gasteiger partial charge on any atom is -0.481 e. The second-order valence-electron chi connectivity index (χ2n) is 5.34. The van der Waals surface area contributed by atoms with Gasteiger partial charge in [0.05, 0.1) is 5.92 Å². The average Bonchev–Trinajstić information content (AvgIpc) is 2.46. The summed E-state index contributed by atoms with van der Waals surface area (Å²) in [7, 11) is 0. The molecule has 1 fully saturated rings. The van der Waals surface area contributed by atoms with Crippen LogP contribution in [0.15, 0.2) is 30.3 Å². The lowest BCUT2D eigenvalue weighted by atomic mass is 9.67. The maximum absolute atomic E-state index is 11.6. The quantitative estimate of drug-likeness (QED) is 0.777. The van der Waals surface area contributed by atoms with Gasteiger partial charge in [-0.15, -0.1) is 0 Å². The van der Waals surface area contributed by atoms with E-state index in [9.17, 15) is 14.7 Å². The average molecular weight is 277 g/mol. The summed E-state index contributed by atoms with van der Waals surface area (Å²) in [5.74, 6) is -3.52. The fraction of sp³-hybridized carbons (Fsp3) is 0.467. The molecule has 0 amide bonds. The Morgan fingerprint density at radius 2 is 1.80 bits per heavy atom. The molecule has 20 heavy (non-hydrogen) atoms. The topological polar surface area (TPSA) is 101 Å². The van der Waals surface area contributed by atoms with Gasteiger partial charge in [-0.1, -0.05) is 36.8 Å². The third-order valence-electron chi connectivity index (χ3n) is 4.21. The Bertz CT molecular complexity index is 488. The second-order valence-corrected chi connectivity index (χ2v) is 5.34. The number of hydrogen-bond donors (Lipinski definition) is 3. The normalized spacial score (nSPS) is 27.8. The summed E-state index contributed by atoms with van der Waals surface area (Å²) < 4.78 is 0. The van der Waals surface area contributed by atoms with Crippen LogP contribution in [0.1, 0.15) is 30.7 Å². The molecule has 108 valence electrons. The SMILES string of the molecule is N[C@H](C(=O)O)[C@H]1CCC[C@@H](c2ccccc2)[C@@H]1C(=O)O. The van der Waals surface area contributed by atoms with Crippen LogP contribution in [-0.2, 0) is 9.59 Å². The number of rotatable bonds is 4. The Morgan fingerprint density at radius 1 is 1.15 bits per heavy atom. The van der Waals surface area contributed by atoms with E-state index in [-0.39, 0.29) is 5.92 Å². The number of aliphatic carboxylic acids is 2. The van der Waals surface area contributed by atoms with Gasteiger partial charge in [-0.25, -0.2) is 0 Å². The zero-order chi connectivity index (χ0) is 14.7. The molecule has 5 nitrogen and oxygen atoms in total. The molecule has 5 heteroatoms. The Labute approximate surface area is 117 Å². The number of carboxylic acid groups (broad SMARTS) is 2. The van der Waals surface area contributed by atoms with E-state index in [1.165, 1.54) is 0 Å². The maximum Gasteiger partial charge on any atom is 0.320 e. The highest BCUT2D eigenvalue weighted by atomic mass is 16.4. The summed E-state index contributed by atoms with van der Waals surface area (Å²) in [6.07, 6.45) is 2.10. The summed E-state index contributed by atoms with van der Waals surface area (Å²) in [6.45, 7) is 0. The standard InChI is InChI=1S/C15H19NO4/c16-13(15(19)20)11-8-4-7-10(12(11)14(17)18)9-5-2-1-3-6-9/h1-3,5-6,10-13H,4,7-8,16H2,(H,17,18)(H,19,20)/t10-,11-,12-,13-/m0/s1. The first kappa shape index (κ1) is 14.5. The van der Waals surface area contributed by atoms with Gasteiger partial charge in [0.2, 0.25) is 0 Å². The minimum atomic E-state index is -1.13. The van der Waals surface area contributed by atoms with E-state index in [1.807, 2.05) is 30.3 Å². The largest absolute Gasteiger partial charge is 0.481 e. The Balaban J connectivity index is 2.32. The third-order valence-corrected chi connectivity index (χ3v) is 4.21. The lowest BCUT2D eigenvalue weighted by Gasteiger charge is -2.37. The van der Waals surface area contributed by atoms with Crippen molar-refractivity contribution in [2.75, 3.05) is 0 Å². The summed E-state index contributed by atoms with van der Waals surface area (Å²) >= 11 is 0. The minimum absolute atomic E-state index is 0.169. The number of carbonyl (C=O) groups is 2. The van der Waals surface area contributed by atoms with Crippen molar-refractivity contribution in [3.8, 4) is 0 Å². The van der Waals surface area contributed by atoms with Crippen LogP contribution < -0.4 is 5.73 Å². The first-order valence-corrected chi connectivity index (χ1v) is 6.78. The zero-order valence-corrected chi connectivity index (χ0v) is 11.1. The Morgan fingerprint density at radius 3 is 2.35 bits per heavy atom. The van der Waals surface area contributed by atoms with Crippen LogP contribution in [0.3, 0.4) is 0 Å². The zero-order valence-electron chi connectivity index (χ0n) is 11.1. The molecule has 4 N–H and O–H groups in total. The van der Waals surface area contributed by atoms with E-state index in [1.54, 1.807) is 0 Å². The van der Waals surface area contributed by atoms with Gasteiger partial charge in [0.1, 0.15) is 6.04 Å². The smallest absolute Gasteiger partial charge is 0.320 e. The third kappa shape index (κ3) is 2.82. The van der Waals surface area contributed by atoms with E-state index in [0.29, 0.717) is 6.42 Å². The fourth-order valence-electron chi connectivity index (χ4n) is 3.25. The predicted octanol–water partition coefficient (Wildman–Crippen LogP) is 1.68. The van der Waals surface area contributed by atoms with Gasteiger partial charge < -0.3 is 15.9 Å². The molecule has 0 unspecified atom stereocenters. The summed E-state index contributed by atoms with van der Waals surface area (Å²) in [5.41, 5.74) is 6.64. The van der Waals surface area contributed by atoms with Gasteiger partial charge in [0, 0.05) is 0 Å². The van der Waals surface area contributed by atoms with Gasteiger partial charge in [0.15, 0.2) is 0 Å². The Hall–Kier alpha value is -1.88. The van der Waals surface area contributed by atoms with Crippen LogP contribution in [0.25, 0.3) is 0 Å². The van der Waals surface area contributed by atoms with E-state index in [4.69, 9.17) is 10.8 Å². The molecule has 0 aliphatic heterocycles. The molecule has 0 spiro atoms. The fourth-order valence-corrected chi connectivity index (χ4v) is 3.25. The van der Waals surface area contributed by atoms with Crippen LogP contribution in [-0.4, -0.2) is 28.2 Å². The molecule has 0 heterocycles. The molecular formula is C15H19NO4. The van der Waals surface area contributed by atoms with Crippen molar-refractivity contribution in [2.24, 2.45) is 17.6 Å². The first-order chi connectivity index (χ1) is 9.52. The molecule has 1 aromatic carbocycles. The highest BCUT2D eigenvalue weighted by Crippen LogP contribution is 2.42. The van der Waals surface area contributed by atoms with Crippen molar-refractivity contribution in [1.82, 2.24) is 0 Å². The summed E-state index contributed by atoms with van der Waals surface area (Å²) in [6, 6.07) is 8.29. The summed E-state index contributed by atoms with van der Waals surface area (Å²) in [4.78, 5) is 22.7. The molecule has 2 rings (SSSR count). The van der Waals surface area contributed by atoms with E-state index in [0.717, 1.165) is 18.4 Å². The first-order valence-electron chi connectivity index (χ1n) is 6.78. The van der Waals surface area contributed by atoms with Crippen LogP contribution in [0.5, 0.6) is 0 Å². The lowest BCUT2D eigenvalue weighted by Crippen LogP contribution is -2.47. The molecule has 0 bridgehead atoms. The maximum atomic E-state index is 11.6. The van der Waals surface area contributed by atoms with E-state index >= 15 is 0 Å². The highest BCUT2D eigenvalue weighted by Gasteiger charge is 2.43. The van der Waals surface area contributed by atoms with Crippen molar-refractivity contribution in [3.63, 3.8) is 0 Å². The van der Waals surface area contributed by atoms with Gasteiger partial charge in [0.25, 0.3) is 0 Å². The van der Waals surface area contributed by atoms with Crippen LogP contribution in [0.2, 0.25) is 0 Å². The lowest BCUT2D eigenvalue weighted by molar-refractivity contribution is -0.149. The molecule has 0 saturated heterocycles. The number of benzene rings is 1. The van der Waals surface area contributed by atoms with Crippen molar-refractivity contribution < 1.29 is 19.8 Å². The molecule has 4 atom stereocenters. The molecule has 1 aliphatic rings. The molecule has 0 radical (unpaired) electrons. The molecule has 1 saturated carbocycles. The molecular weight excluding hydrogens is 258 g/mol. The van der Waals surface area contributed by atoms with Crippen LogP contribution in [0, 0.1) is 11.8 Å². The predicted molar refractivity (Wildman–Crippen MR) is 73.3 cm³/mol. The van der Waals surface area contributed by atoms with E-state index < -0.39 is 29.8 Å².